The van der Waals surface area contributed by atoms with E-state index >= 15 is 0 Å². The molecule has 0 spiro atoms. The molecule has 0 aromatic carbocycles. The highest BCUT2D eigenvalue weighted by atomic mass is 35.5. The Balaban J connectivity index is 2.81. The van der Waals surface area contributed by atoms with Crippen molar-refractivity contribution >= 4 is 46.4 Å². The molecule has 0 amide bonds. The van der Waals surface area contributed by atoms with Crippen molar-refractivity contribution in [2.45, 2.75) is 0 Å². The minimum Gasteiger partial charge on any atom is -0.0720 e. The van der Waals surface area contributed by atoms with Gasteiger partial charge in [-0.2, -0.15) is 0 Å². The fourth-order valence-electron chi connectivity index (χ4n) is 0.498. The van der Waals surface area contributed by atoms with E-state index in [-0.39, 0.29) is 0 Å². The lowest BCUT2D eigenvalue weighted by Gasteiger charge is -2.02. The molecule has 53 valence electrons. The summed E-state index contributed by atoms with van der Waals surface area (Å²) >= 11 is 22.4. The van der Waals surface area contributed by atoms with Gasteiger partial charge in [0.1, 0.15) is 0 Å². The number of rotatable bonds is 0. The first-order valence-corrected chi connectivity index (χ1v) is 3.92. The molecule has 1 radical (unpaired) electrons. The summed E-state index contributed by atoms with van der Waals surface area (Å²) in [6.45, 7) is 0. The van der Waals surface area contributed by atoms with Gasteiger partial charge in [0.25, 0.3) is 0 Å². The summed E-state index contributed by atoms with van der Waals surface area (Å²) in [7, 11) is 0. The average molecular weight is 216 g/mol. The predicted molar refractivity (Wildman–Crippen MR) is 46.1 cm³/mol. The van der Waals surface area contributed by atoms with Gasteiger partial charge >= 0.3 is 0 Å². The van der Waals surface area contributed by atoms with Crippen LogP contribution in [0.4, 0.5) is 0 Å². The van der Waals surface area contributed by atoms with E-state index in [4.69, 9.17) is 46.4 Å². The Kier molecular flexibility index (Phi) is 2.81. The summed E-state index contributed by atoms with van der Waals surface area (Å²) in [6, 6.07) is 0. The Hall–Kier alpha value is 0.510. The van der Waals surface area contributed by atoms with Crippen LogP contribution < -0.4 is 0 Å². The lowest BCUT2D eigenvalue weighted by atomic mass is 10.2. The molecule has 1 aliphatic rings. The molecule has 0 aromatic heterocycles. The monoisotopic (exact) mass is 214 g/mol. The van der Waals surface area contributed by atoms with Gasteiger partial charge in [-0.05, 0) is 11.6 Å². The molecule has 0 heterocycles. The third-order valence-electron chi connectivity index (χ3n) is 0.963. The van der Waals surface area contributed by atoms with Gasteiger partial charge in [0.15, 0.2) is 15.4 Å². The highest BCUT2D eigenvalue weighted by Crippen LogP contribution is 2.38. The Morgan fingerprint density at radius 1 is 1.20 bits per heavy atom. The predicted octanol–water partition coefficient (Wildman–Crippen LogP) is 3.79. The summed E-state index contributed by atoms with van der Waals surface area (Å²) in [5, 5.41) is 1.65. The first kappa shape index (κ1) is 8.61. The van der Waals surface area contributed by atoms with Gasteiger partial charge in [-0.3, -0.25) is 0 Å². The topological polar surface area (TPSA) is 0 Å². The van der Waals surface area contributed by atoms with Crippen LogP contribution in [0.25, 0.3) is 0 Å². The standard InChI is InChI=1S/C6H2Cl4/c7-3-1-4(8)6(10)2-5(3)9/h1-2H/q+1. The molecule has 0 bridgehead atoms. The maximum atomic E-state index is 5.61. The molecule has 0 unspecified atom stereocenters. The molecule has 0 N–H and O–H groups in total. The van der Waals surface area contributed by atoms with E-state index in [9.17, 15) is 0 Å². The second-order valence-corrected chi connectivity index (χ2v) is 3.31. The summed E-state index contributed by atoms with van der Waals surface area (Å²) in [5.41, 5.74) is 0. The lowest BCUT2D eigenvalue weighted by Crippen LogP contribution is -1.96. The van der Waals surface area contributed by atoms with E-state index in [0.29, 0.717) is 20.8 Å². The molecule has 0 saturated carbocycles. The van der Waals surface area contributed by atoms with E-state index < -0.39 is 0 Å². The number of allylic oxidation sites excluding steroid dienone is 4. The second-order valence-electron chi connectivity index (χ2n) is 1.68. The summed E-state index contributed by atoms with van der Waals surface area (Å²) in [5.74, 6) is 0. The second kappa shape index (κ2) is 3.27. The number of hydrogen-bond donors (Lipinski definition) is 0. The fourth-order valence-corrected chi connectivity index (χ4v) is 1.26. The molecular weight excluding hydrogens is 214 g/mol. The number of hydrogen-bond acceptors (Lipinski definition) is 0. The molecule has 4 heteroatoms. The molecule has 0 aliphatic heterocycles. The maximum absolute atomic E-state index is 5.61. The minimum absolute atomic E-state index is 0.413. The third kappa shape index (κ3) is 1.76. The normalized spacial score (nSPS) is 20.6. The molecule has 1 rings (SSSR count). The van der Waals surface area contributed by atoms with Gasteiger partial charge in [0.2, 0.25) is 5.38 Å². The van der Waals surface area contributed by atoms with Crippen molar-refractivity contribution < 1.29 is 0 Å². The van der Waals surface area contributed by atoms with Crippen molar-refractivity contribution in [3.8, 4) is 0 Å². The highest BCUT2D eigenvalue weighted by Gasteiger charge is 2.29. The van der Waals surface area contributed by atoms with Gasteiger partial charge in [-0.1, -0.05) is 23.2 Å². The largest absolute Gasteiger partial charge is 0.237 e. The fraction of sp³-hybridized carbons (Fsp3) is 0. The Morgan fingerprint density at radius 2 is 1.80 bits per heavy atom. The third-order valence-corrected chi connectivity index (χ3v) is 2.41. The van der Waals surface area contributed by atoms with E-state index in [1.165, 1.54) is 12.2 Å². The van der Waals surface area contributed by atoms with Crippen LogP contribution in [0, 0.1) is 10.8 Å². The molecular formula is C6H2Cl4+. The maximum Gasteiger partial charge on any atom is 0.237 e. The minimum atomic E-state index is 0.413. The van der Waals surface area contributed by atoms with Crippen molar-refractivity contribution in [2.75, 3.05) is 0 Å². The van der Waals surface area contributed by atoms with Crippen molar-refractivity contribution in [1.29, 1.82) is 0 Å². The quantitative estimate of drug-likeness (QED) is 0.540. The SMILES string of the molecule is Cl[C]1C=C(Cl)[C+](Cl)C=C1Cl. The van der Waals surface area contributed by atoms with E-state index in [2.05, 4.69) is 0 Å². The van der Waals surface area contributed by atoms with Gasteiger partial charge in [0.05, 0.1) is 12.2 Å². The van der Waals surface area contributed by atoms with Crippen molar-refractivity contribution in [2.24, 2.45) is 0 Å². The van der Waals surface area contributed by atoms with Crippen LogP contribution in [-0.2, 0) is 0 Å². The molecule has 0 saturated heterocycles. The van der Waals surface area contributed by atoms with Crippen LogP contribution in [0.3, 0.4) is 0 Å². The first-order chi connectivity index (χ1) is 4.61. The average Bonchev–Trinajstić information content (AvgIpc) is 1.84. The molecule has 0 aromatic rings. The van der Waals surface area contributed by atoms with E-state index in [1.807, 2.05) is 0 Å². The Labute approximate surface area is 79.4 Å². The zero-order valence-electron chi connectivity index (χ0n) is 4.67. The van der Waals surface area contributed by atoms with Crippen LogP contribution in [0.5, 0.6) is 0 Å². The van der Waals surface area contributed by atoms with Gasteiger partial charge in [-0.15, -0.1) is 0 Å². The van der Waals surface area contributed by atoms with Crippen LogP contribution in [-0.4, -0.2) is 0 Å². The molecule has 1 aliphatic carbocycles. The van der Waals surface area contributed by atoms with Crippen molar-refractivity contribution in [1.82, 2.24) is 0 Å². The van der Waals surface area contributed by atoms with Crippen molar-refractivity contribution in [3.63, 3.8) is 0 Å². The van der Waals surface area contributed by atoms with Gasteiger partial charge < -0.3 is 0 Å². The van der Waals surface area contributed by atoms with Crippen LogP contribution in [0.1, 0.15) is 0 Å². The molecule has 10 heavy (non-hydrogen) atoms. The molecule has 0 nitrogen and oxygen atoms in total. The van der Waals surface area contributed by atoms with Crippen LogP contribution in [0.15, 0.2) is 22.2 Å². The van der Waals surface area contributed by atoms with Crippen LogP contribution >= 0.6 is 46.4 Å². The van der Waals surface area contributed by atoms with E-state index in [0.717, 1.165) is 0 Å². The summed E-state index contributed by atoms with van der Waals surface area (Å²) in [6.07, 6.45) is 3.02. The van der Waals surface area contributed by atoms with Crippen LogP contribution in [0.2, 0.25) is 0 Å². The first-order valence-electron chi connectivity index (χ1n) is 2.41. The zero-order chi connectivity index (χ0) is 7.72. The molecule has 0 fully saturated rings. The number of halogens is 4. The van der Waals surface area contributed by atoms with Gasteiger partial charge in [-0.25, -0.2) is 0 Å². The van der Waals surface area contributed by atoms with Gasteiger partial charge in [0, 0.05) is 11.6 Å². The zero-order valence-corrected chi connectivity index (χ0v) is 7.69. The van der Waals surface area contributed by atoms with Crippen molar-refractivity contribution in [3.05, 3.63) is 33.0 Å². The highest BCUT2D eigenvalue weighted by molar-refractivity contribution is 6.48. The lowest BCUT2D eigenvalue weighted by molar-refractivity contribution is 1.43. The smallest absolute Gasteiger partial charge is 0.0720 e. The summed E-state index contributed by atoms with van der Waals surface area (Å²) in [4.78, 5) is 0. The molecule has 0 atom stereocenters. The Bertz CT molecular complexity index is 172. The Morgan fingerprint density at radius 3 is 2.30 bits per heavy atom. The summed E-state index contributed by atoms with van der Waals surface area (Å²) < 4.78 is 0. The van der Waals surface area contributed by atoms with E-state index in [1.54, 1.807) is 0 Å².